The minimum atomic E-state index is -0.968. The maximum absolute atomic E-state index is 11.8. The SMILES string of the molecule is CCCCCCCCCCCCC/C=C/[C@@H](O)C(COC(=O)CCC(=O)OCCOC)NC=O. The van der Waals surface area contributed by atoms with Crippen molar-refractivity contribution in [2.24, 2.45) is 0 Å². The van der Waals surface area contributed by atoms with Crippen LogP contribution in [0.3, 0.4) is 0 Å². The molecule has 0 aromatic heterocycles. The molecule has 0 bridgehead atoms. The normalized spacial score (nSPS) is 12.9. The molecular formula is C26H47NO7. The molecule has 2 N–H and O–H groups in total. The van der Waals surface area contributed by atoms with Gasteiger partial charge in [-0.2, -0.15) is 0 Å². The second kappa shape index (κ2) is 24.2. The van der Waals surface area contributed by atoms with Crippen molar-refractivity contribution in [3.63, 3.8) is 0 Å². The van der Waals surface area contributed by atoms with Crippen LogP contribution in [0.5, 0.6) is 0 Å². The van der Waals surface area contributed by atoms with Crippen molar-refractivity contribution in [2.45, 2.75) is 109 Å². The first-order valence-electron chi connectivity index (χ1n) is 12.9. The fourth-order valence-corrected chi connectivity index (χ4v) is 3.40. The molecule has 0 fully saturated rings. The van der Waals surface area contributed by atoms with E-state index >= 15 is 0 Å². The lowest BCUT2D eigenvalue weighted by molar-refractivity contribution is -0.151. The molecule has 34 heavy (non-hydrogen) atoms. The molecule has 0 aliphatic carbocycles. The van der Waals surface area contributed by atoms with E-state index in [0.717, 1.165) is 19.3 Å². The number of carbonyl (C=O) groups is 3. The summed E-state index contributed by atoms with van der Waals surface area (Å²) >= 11 is 0. The van der Waals surface area contributed by atoms with Gasteiger partial charge in [-0.05, 0) is 12.8 Å². The number of methoxy groups -OCH3 is 1. The van der Waals surface area contributed by atoms with Crippen molar-refractivity contribution in [1.29, 1.82) is 0 Å². The predicted octanol–water partition coefficient (Wildman–Crippen LogP) is 4.23. The van der Waals surface area contributed by atoms with Crippen LogP contribution in [0.4, 0.5) is 0 Å². The zero-order valence-electron chi connectivity index (χ0n) is 21.3. The summed E-state index contributed by atoms with van der Waals surface area (Å²) < 4.78 is 14.7. The average Bonchev–Trinajstić information content (AvgIpc) is 2.83. The highest BCUT2D eigenvalue weighted by Gasteiger charge is 2.18. The molecule has 0 heterocycles. The highest BCUT2D eigenvalue weighted by Crippen LogP contribution is 2.12. The summed E-state index contributed by atoms with van der Waals surface area (Å²) in [5.41, 5.74) is 0. The summed E-state index contributed by atoms with van der Waals surface area (Å²) in [4.78, 5) is 34.1. The van der Waals surface area contributed by atoms with E-state index in [1.807, 2.05) is 6.08 Å². The van der Waals surface area contributed by atoms with Gasteiger partial charge in [0.05, 0.1) is 31.6 Å². The van der Waals surface area contributed by atoms with Gasteiger partial charge in [0.25, 0.3) is 0 Å². The zero-order valence-corrected chi connectivity index (χ0v) is 21.3. The lowest BCUT2D eigenvalue weighted by Gasteiger charge is -2.19. The van der Waals surface area contributed by atoms with Gasteiger partial charge in [-0.15, -0.1) is 0 Å². The van der Waals surface area contributed by atoms with Gasteiger partial charge in [0.1, 0.15) is 13.2 Å². The van der Waals surface area contributed by atoms with Gasteiger partial charge in [-0.1, -0.05) is 83.3 Å². The highest BCUT2D eigenvalue weighted by molar-refractivity contribution is 5.77. The summed E-state index contributed by atoms with van der Waals surface area (Å²) in [6.07, 6.45) is 17.8. The van der Waals surface area contributed by atoms with Crippen LogP contribution < -0.4 is 5.32 Å². The molecule has 198 valence electrons. The molecule has 2 atom stereocenters. The third-order valence-corrected chi connectivity index (χ3v) is 5.51. The molecule has 0 spiro atoms. The number of ether oxygens (including phenoxy) is 3. The second-order valence-corrected chi connectivity index (χ2v) is 8.53. The topological polar surface area (TPSA) is 111 Å². The number of unbranched alkanes of at least 4 members (excludes halogenated alkanes) is 11. The quantitative estimate of drug-likeness (QED) is 0.0910. The molecule has 0 saturated heterocycles. The van der Waals surface area contributed by atoms with Crippen LogP contribution in [0.15, 0.2) is 12.2 Å². The van der Waals surface area contributed by atoms with Crippen LogP contribution in [0.2, 0.25) is 0 Å². The molecule has 0 saturated carbocycles. The van der Waals surface area contributed by atoms with Gasteiger partial charge in [-0.3, -0.25) is 14.4 Å². The van der Waals surface area contributed by atoms with Gasteiger partial charge in [0.2, 0.25) is 6.41 Å². The van der Waals surface area contributed by atoms with Crippen LogP contribution in [-0.2, 0) is 28.6 Å². The standard InChI is InChI=1S/C26H47NO7/c1-3-4-5-6-7-8-9-10-11-12-13-14-15-16-24(29)23(27-22-28)21-34-26(31)18-17-25(30)33-20-19-32-2/h15-16,22-24,29H,3-14,17-21H2,1-2H3,(H,27,28)/b16-15+/t23?,24-/m1/s1. The van der Waals surface area contributed by atoms with Crippen molar-refractivity contribution in [3.8, 4) is 0 Å². The number of nitrogens with one attached hydrogen (secondary N) is 1. The third-order valence-electron chi connectivity index (χ3n) is 5.51. The van der Waals surface area contributed by atoms with Gasteiger partial charge in [0.15, 0.2) is 0 Å². The minimum Gasteiger partial charge on any atom is -0.463 e. The highest BCUT2D eigenvalue weighted by atomic mass is 16.6. The van der Waals surface area contributed by atoms with E-state index in [9.17, 15) is 19.5 Å². The van der Waals surface area contributed by atoms with Gasteiger partial charge < -0.3 is 24.6 Å². The third kappa shape index (κ3) is 20.7. The first-order chi connectivity index (χ1) is 16.5. The van der Waals surface area contributed by atoms with E-state index in [2.05, 4.69) is 12.2 Å². The molecule has 0 aromatic rings. The van der Waals surface area contributed by atoms with Crippen molar-refractivity contribution >= 4 is 18.3 Å². The summed E-state index contributed by atoms with van der Waals surface area (Å²) in [5.74, 6) is -1.11. The first kappa shape index (κ1) is 32.1. The lowest BCUT2D eigenvalue weighted by Crippen LogP contribution is -2.42. The van der Waals surface area contributed by atoms with Crippen LogP contribution in [-0.4, -0.2) is 62.5 Å². The van der Waals surface area contributed by atoms with E-state index in [-0.39, 0.29) is 26.1 Å². The number of rotatable bonds is 24. The predicted molar refractivity (Wildman–Crippen MR) is 132 cm³/mol. The Kier molecular flexibility index (Phi) is 22.8. The lowest BCUT2D eigenvalue weighted by atomic mass is 10.0. The number of aliphatic hydroxyl groups excluding tert-OH is 1. The number of hydrogen-bond acceptors (Lipinski definition) is 7. The summed E-state index contributed by atoms with van der Waals surface area (Å²) in [6.45, 7) is 2.48. The number of carbonyl (C=O) groups excluding carboxylic acids is 3. The first-order valence-corrected chi connectivity index (χ1v) is 12.9. The van der Waals surface area contributed by atoms with E-state index in [1.54, 1.807) is 6.08 Å². The summed E-state index contributed by atoms with van der Waals surface area (Å²) in [7, 11) is 1.50. The van der Waals surface area contributed by atoms with Gasteiger partial charge >= 0.3 is 11.9 Å². The van der Waals surface area contributed by atoms with Crippen LogP contribution >= 0.6 is 0 Å². The van der Waals surface area contributed by atoms with Crippen molar-refractivity contribution in [2.75, 3.05) is 26.9 Å². The Morgan fingerprint density at radius 2 is 1.41 bits per heavy atom. The van der Waals surface area contributed by atoms with Crippen molar-refractivity contribution < 1.29 is 33.7 Å². The molecule has 8 heteroatoms. The average molecular weight is 486 g/mol. The van der Waals surface area contributed by atoms with Crippen molar-refractivity contribution in [3.05, 3.63) is 12.2 Å². The zero-order chi connectivity index (χ0) is 25.3. The number of amides is 1. The van der Waals surface area contributed by atoms with Crippen LogP contribution in [0.25, 0.3) is 0 Å². The van der Waals surface area contributed by atoms with Gasteiger partial charge in [-0.25, -0.2) is 0 Å². The van der Waals surface area contributed by atoms with E-state index < -0.39 is 24.1 Å². The second-order valence-electron chi connectivity index (χ2n) is 8.53. The molecule has 1 unspecified atom stereocenters. The Bertz CT molecular complexity index is 539. The maximum atomic E-state index is 11.8. The fraction of sp³-hybridized carbons (Fsp3) is 0.808. The summed E-state index contributed by atoms with van der Waals surface area (Å²) in [6, 6.07) is -0.747. The van der Waals surface area contributed by atoms with Gasteiger partial charge in [0, 0.05) is 7.11 Å². The Balaban J connectivity index is 3.92. The molecule has 8 nitrogen and oxygen atoms in total. The maximum Gasteiger partial charge on any atom is 0.306 e. The number of hydrogen-bond donors (Lipinski definition) is 2. The fourth-order valence-electron chi connectivity index (χ4n) is 3.40. The molecular weight excluding hydrogens is 438 g/mol. The Hall–Kier alpha value is -1.93. The molecule has 1 amide bonds. The number of esters is 2. The summed E-state index contributed by atoms with van der Waals surface area (Å²) in [5, 5.41) is 12.8. The molecule has 0 rings (SSSR count). The molecule has 0 aromatic carbocycles. The van der Waals surface area contributed by atoms with E-state index in [4.69, 9.17) is 14.2 Å². The largest absolute Gasteiger partial charge is 0.463 e. The molecule has 0 aliphatic rings. The Morgan fingerprint density at radius 3 is 1.97 bits per heavy atom. The van der Waals surface area contributed by atoms with E-state index in [1.165, 1.54) is 64.9 Å². The van der Waals surface area contributed by atoms with E-state index in [0.29, 0.717) is 13.0 Å². The monoisotopic (exact) mass is 485 g/mol. The Morgan fingerprint density at radius 1 is 0.853 bits per heavy atom. The minimum absolute atomic E-state index is 0.101. The molecule has 0 radical (unpaired) electrons. The number of allylic oxidation sites excluding steroid dienone is 1. The van der Waals surface area contributed by atoms with Crippen LogP contribution in [0.1, 0.15) is 96.8 Å². The molecule has 0 aliphatic heterocycles. The van der Waals surface area contributed by atoms with Crippen molar-refractivity contribution in [1.82, 2.24) is 5.32 Å². The van der Waals surface area contributed by atoms with Crippen LogP contribution in [0, 0.1) is 0 Å². The Labute approximate surface area is 205 Å². The number of aliphatic hydroxyl groups is 1. The smallest absolute Gasteiger partial charge is 0.306 e.